The van der Waals surface area contributed by atoms with E-state index in [-0.39, 0.29) is 5.78 Å². The monoisotopic (exact) mass is 277 g/mol. The predicted octanol–water partition coefficient (Wildman–Crippen LogP) is 3.41. The van der Waals surface area contributed by atoms with Crippen molar-refractivity contribution in [2.75, 3.05) is 11.9 Å². The molecule has 0 unspecified atom stereocenters. The quantitative estimate of drug-likeness (QED) is 0.662. The largest absolute Gasteiger partial charge is 0.336 e. The molecule has 1 N–H and O–H groups in total. The number of hydrogen-bond donors (Lipinski definition) is 1. The van der Waals surface area contributed by atoms with Crippen LogP contribution in [0.4, 0.5) is 5.69 Å². The SMILES string of the molecule is CCCC(=O)C(=NCC)Nc1ccc(C#N)cc1Cl. The van der Waals surface area contributed by atoms with E-state index in [0.717, 1.165) is 6.42 Å². The smallest absolute Gasteiger partial charge is 0.197 e. The molecule has 0 spiro atoms. The first-order valence-electron chi connectivity index (χ1n) is 6.16. The Morgan fingerprint density at radius 3 is 2.74 bits per heavy atom. The lowest BCUT2D eigenvalue weighted by Crippen LogP contribution is -2.23. The van der Waals surface area contributed by atoms with Gasteiger partial charge in [0.25, 0.3) is 0 Å². The molecule has 0 amide bonds. The number of carbonyl (C=O) groups excluding carboxylic acids is 1. The van der Waals surface area contributed by atoms with Crippen LogP contribution < -0.4 is 5.32 Å². The maximum atomic E-state index is 11.9. The van der Waals surface area contributed by atoms with Gasteiger partial charge in [0.05, 0.1) is 22.3 Å². The van der Waals surface area contributed by atoms with Crippen LogP contribution in [-0.4, -0.2) is 18.2 Å². The summed E-state index contributed by atoms with van der Waals surface area (Å²) in [5.41, 5.74) is 1.06. The van der Waals surface area contributed by atoms with Crippen LogP contribution in [0.1, 0.15) is 32.3 Å². The van der Waals surface area contributed by atoms with Gasteiger partial charge in [0.2, 0.25) is 0 Å². The van der Waals surface area contributed by atoms with E-state index in [1.54, 1.807) is 18.2 Å². The minimum Gasteiger partial charge on any atom is -0.336 e. The summed E-state index contributed by atoms with van der Waals surface area (Å²) in [4.78, 5) is 16.0. The lowest BCUT2D eigenvalue weighted by atomic mass is 10.2. The number of aliphatic imine (C=N–C) groups is 1. The molecule has 0 bridgehead atoms. The summed E-state index contributed by atoms with van der Waals surface area (Å²) in [6.07, 6.45) is 1.21. The van der Waals surface area contributed by atoms with Gasteiger partial charge in [-0.1, -0.05) is 18.5 Å². The van der Waals surface area contributed by atoms with Gasteiger partial charge in [0.1, 0.15) is 0 Å². The van der Waals surface area contributed by atoms with Gasteiger partial charge in [-0.3, -0.25) is 9.79 Å². The molecule has 1 aromatic rings. The van der Waals surface area contributed by atoms with Crippen molar-refractivity contribution in [2.45, 2.75) is 26.7 Å². The summed E-state index contributed by atoms with van der Waals surface area (Å²) in [5.74, 6) is 0.278. The van der Waals surface area contributed by atoms with E-state index in [1.165, 1.54) is 0 Å². The number of halogens is 1. The first-order chi connectivity index (χ1) is 9.12. The van der Waals surface area contributed by atoms with Gasteiger partial charge >= 0.3 is 0 Å². The van der Waals surface area contributed by atoms with E-state index in [2.05, 4.69) is 10.3 Å². The molecule has 0 saturated carbocycles. The van der Waals surface area contributed by atoms with Crippen molar-refractivity contribution >= 4 is 28.9 Å². The number of nitrogens with zero attached hydrogens (tertiary/aromatic N) is 2. The number of anilines is 1. The van der Waals surface area contributed by atoms with Crippen molar-refractivity contribution in [3.05, 3.63) is 28.8 Å². The highest BCUT2D eigenvalue weighted by Gasteiger charge is 2.12. The average Bonchev–Trinajstić information content (AvgIpc) is 2.40. The van der Waals surface area contributed by atoms with Crippen LogP contribution in [0, 0.1) is 11.3 Å². The average molecular weight is 278 g/mol. The van der Waals surface area contributed by atoms with E-state index in [1.807, 2.05) is 19.9 Å². The Balaban J connectivity index is 2.95. The topological polar surface area (TPSA) is 65.2 Å². The number of benzene rings is 1. The Kier molecular flexibility index (Phi) is 6.04. The van der Waals surface area contributed by atoms with E-state index >= 15 is 0 Å². The first-order valence-corrected chi connectivity index (χ1v) is 6.54. The van der Waals surface area contributed by atoms with Gasteiger partial charge in [-0.2, -0.15) is 5.26 Å². The molecule has 0 atom stereocenters. The zero-order valence-electron chi connectivity index (χ0n) is 11.0. The standard InChI is InChI=1S/C14H16ClN3O/c1-3-5-13(19)14(17-4-2)18-12-7-6-10(9-16)8-11(12)15/h6-8H,3-5H2,1-2H3,(H,17,18). The third kappa shape index (κ3) is 4.38. The van der Waals surface area contributed by atoms with Crippen LogP contribution in [0.2, 0.25) is 5.02 Å². The molecular formula is C14H16ClN3O. The van der Waals surface area contributed by atoms with Crippen LogP contribution in [0.25, 0.3) is 0 Å². The normalized spacial score (nSPS) is 10.9. The number of hydrogen-bond acceptors (Lipinski definition) is 3. The molecule has 1 aromatic carbocycles. The molecule has 0 radical (unpaired) electrons. The predicted molar refractivity (Wildman–Crippen MR) is 77.7 cm³/mol. The van der Waals surface area contributed by atoms with Crippen LogP contribution in [0.5, 0.6) is 0 Å². The molecular weight excluding hydrogens is 262 g/mol. The van der Waals surface area contributed by atoms with Gasteiger partial charge in [0.15, 0.2) is 11.6 Å². The molecule has 1 rings (SSSR count). The minimum absolute atomic E-state index is 0.0372. The van der Waals surface area contributed by atoms with Crippen LogP contribution in [0.15, 0.2) is 23.2 Å². The second-order valence-electron chi connectivity index (χ2n) is 3.93. The molecule has 4 nitrogen and oxygen atoms in total. The van der Waals surface area contributed by atoms with E-state index in [0.29, 0.717) is 35.1 Å². The highest BCUT2D eigenvalue weighted by atomic mass is 35.5. The third-order valence-electron chi connectivity index (χ3n) is 2.41. The fourth-order valence-electron chi connectivity index (χ4n) is 1.51. The van der Waals surface area contributed by atoms with E-state index in [9.17, 15) is 4.79 Å². The molecule has 0 fully saturated rings. The molecule has 0 aliphatic rings. The summed E-state index contributed by atoms with van der Waals surface area (Å²) in [7, 11) is 0. The van der Waals surface area contributed by atoms with Crippen LogP contribution in [0.3, 0.4) is 0 Å². The molecule has 5 heteroatoms. The summed E-state index contributed by atoms with van der Waals surface area (Å²) in [5, 5.41) is 12.1. The molecule has 0 aromatic heterocycles. The van der Waals surface area contributed by atoms with Crippen molar-refractivity contribution in [3.63, 3.8) is 0 Å². The molecule has 0 aliphatic carbocycles. The summed E-state index contributed by atoms with van der Waals surface area (Å²) < 4.78 is 0. The van der Waals surface area contributed by atoms with Crippen molar-refractivity contribution in [2.24, 2.45) is 4.99 Å². The lowest BCUT2D eigenvalue weighted by Gasteiger charge is -2.10. The Morgan fingerprint density at radius 2 is 2.21 bits per heavy atom. The lowest BCUT2D eigenvalue weighted by molar-refractivity contribution is -0.113. The fraction of sp³-hybridized carbons (Fsp3) is 0.357. The second kappa shape index (κ2) is 7.55. The van der Waals surface area contributed by atoms with Gasteiger partial charge in [-0.15, -0.1) is 0 Å². The van der Waals surface area contributed by atoms with E-state index < -0.39 is 0 Å². The Bertz CT molecular complexity index is 532. The molecule has 0 aliphatic heterocycles. The number of carbonyl (C=O) groups is 1. The van der Waals surface area contributed by atoms with Gasteiger partial charge in [-0.05, 0) is 31.5 Å². The molecule has 0 heterocycles. The Morgan fingerprint density at radius 1 is 1.47 bits per heavy atom. The Labute approximate surface area is 118 Å². The van der Waals surface area contributed by atoms with Gasteiger partial charge < -0.3 is 5.32 Å². The number of nitrogens with one attached hydrogen (secondary N) is 1. The highest BCUT2D eigenvalue weighted by molar-refractivity contribution is 6.44. The highest BCUT2D eigenvalue weighted by Crippen LogP contribution is 2.23. The second-order valence-corrected chi connectivity index (χ2v) is 4.33. The number of amidine groups is 1. The van der Waals surface area contributed by atoms with Gasteiger partial charge in [-0.25, -0.2) is 0 Å². The number of nitriles is 1. The summed E-state index contributed by atoms with van der Waals surface area (Å²) in [6.45, 7) is 4.32. The van der Waals surface area contributed by atoms with Crippen molar-refractivity contribution in [1.29, 1.82) is 5.26 Å². The van der Waals surface area contributed by atoms with E-state index in [4.69, 9.17) is 16.9 Å². The fourth-order valence-corrected chi connectivity index (χ4v) is 1.74. The summed E-state index contributed by atoms with van der Waals surface area (Å²) >= 11 is 6.05. The van der Waals surface area contributed by atoms with Crippen molar-refractivity contribution in [1.82, 2.24) is 0 Å². The summed E-state index contributed by atoms with van der Waals surface area (Å²) in [6, 6.07) is 6.87. The number of rotatable bonds is 5. The maximum Gasteiger partial charge on any atom is 0.197 e. The first kappa shape index (κ1) is 15.2. The van der Waals surface area contributed by atoms with Crippen LogP contribution in [-0.2, 0) is 4.79 Å². The van der Waals surface area contributed by atoms with Gasteiger partial charge in [0, 0.05) is 13.0 Å². The maximum absolute atomic E-state index is 11.9. The molecule has 0 saturated heterocycles. The number of Topliss-reactive ketones (excluding diaryl/α,β-unsaturated/α-hetero) is 1. The molecule has 19 heavy (non-hydrogen) atoms. The Hall–Kier alpha value is -1.86. The van der Waals surface area contributed by atoms with Crippen molar-refractivity contribution in [3.8, 4) is 6.07 Å². The van der Waals surface area contributed by atoms with Crippen molar-refractivity contribution < 1.29 is 4.79 Å². The zero-order valence-corrected chi connectivity index (χ0v) is 11.8. The third-order valence-corrected chi connectivity index (χ3v) is 2.72. The zero-order chi connectivity index (χ0) is 14.3. The minimum atomic E-state index is -0.0372. The molecule has 100 valence electrons. The van der Waals surface area contributed by atoms with Crippen LogP contribution >= 0.6 is 11.6 Å². The number of ketones is 1.